The second kappa shape index (κ2) is 5.10. The van der Waals surface area contributed by atoms with Crippen LogP contribution in [-0.2, 0) is 16.9 Å². The maximum absolute atomic E-state index is 5.87. The van der Waals surface area contributed by atoms with Crippen molar-refractivity contribution in [2.75, 3.05) is 13.7 Å². The van der Waals surface area contributed by atoms with E-state index in [1.54, 1.807) is 0 Å². The molecular weight excluding hydrogens is 214 g/mol. The first-order valence-corrected chi connectivity index (χ1v) is 6.27. The Morgan fingerprint density at radius 3 is 2.88 bits per heavy atom. The summed E-state index contributed by atoms with van der Waals surface area (Å²) in [5.41, 5.74) is 1.90. The second-order valence-corrected chi connectivity index (χ2v) is 4.87. The Balaban J connectivity index is 2.24. The Hall–Kier alpha value is -1.00. The fourth-order valence-electron chi connectivity index (χ4n) is 2.22. The van der Waals surface area contributed by atoms with Gasteiger partial charge < -0.3 is 10.1 Å². The number of nitrogens with one attached hydrogen (secondary N) is 1. The fraction of sp³-hybridized carbons (Fsp3) is 0.692. The van der Waals surface area contributed by atoms with E-state index in [1.165, 1.54) is 6.42 Å². The minimum atomic E-state index is -0.290. The molecule has 1 fully saturated rings. The first-order chi connectivity index (χ1) is 8.15. The summed E-state index contributed by atoms with van der Waals surface area (Å²) < 4.78 is 5.87. The number of hydrogen-bond donors (Lipinski definition) is 1. The molecule has 1 saturated heterocycles. The van der Waals surface area contributed by atoms with Gasteiger partial charge in [0.1, 0.15) is 5.60 Å². The summed E-state index contributed by atoms with van der Waals surface area (Å²) in [7, 11) is 1.93. The van der Waals surface area contributed by atoms with Gasteiger partial charge in [-0.05, 0) is 40.2 Å². The lowest BCUT2D eigenvalue weighted by atomic mass is 9.95. The zero-order chi connectivity index (χ0) is 12.3. The fourth-order valence-corrected chi connectivity index (χ4v) is 2.22. The van der Waals surface area contributed by atoms with Crippen LogP contribution in [0, 0.1) is 6.92 Å². The monoisotopic (exact) mass is 235 g/mol. The number of nitrogens with zero attached hydrogens (tertiary/aromatic N) is 2. The van der Waals surface area contributed by atoms with E-state index >= 15 is 0 Å². The lowest BCUT2D eigenvalue weighted by Gasteiger charge is -2.32. The van der Waals surface area contributed by atoms with Gasteiger partial charge in [0.2, 0.25) is 0 Å². The Morgan fingerprint density at radius 2 is 2.29 bits per heavy atom. The van der Waals surface area contributed by atoms with Crippen LogP contribution in [0.15, 0.2) is 6.20 Å². The van der Waals surface area contributed by atoms with Gasteiger partial charge in [0.25, 0.3) is 0 Å². The van der Waals surface area contributed by atoms with Gasteiger partial charge >= 0.3 is 0 Å². The first-order valence-electron chi connectivity index (χ1n) is 6.27. The van der Waals surface area contributed by atoms with Crippen LogP contribution in [0.5, 0.6) is 0 Å². The molecule has 0 aromatic carbocycles. The molecule has 4 nitrogen and oxygen atoms in total. The highest BCUT2D eigenvalue weighted by Crippen LogP contribution is 2.32. The van der Waals surface area contributed by atoms with E-state index in [2.05, 4.69) is 22.2 Å². The average Bonchev–Trinajstić information content (AvgIpc) is 2.33. The van der Waals surface area contributed by atoms with E-state index < -0.39 is 0 Å². The third kappa shape index (κ3) is 2.64. The Morgan fingerprint density at radius 1 is 1.47 bits per heavy atom. The molecule has 1 atom stereocenters. The Bertz CT molecular complexity index is 386. The third-order valence-electron chi connectivity index (χ3n) is 3.39. The maximum Gasteiger partial charge on any atom is 0.160 e. The molecule has 1 N–H and O–H groups in total. The van der Waals surface area contributed by atoms with Crippen LogP contribution in [-0.4, -0.2) is 23.6 Å². The molecule has 1 unspecified atom stereocenters. The van der Waals surface area contributed by atoms with Gasteiger partial charge in [-0.15, -0.1) is 0 Å². The van der Waals surface area contributed by atoms with Crippen molar-refractivity contribution in [3.63, 3.8) is 0 Å². The van der Waals surface area contributed by atoms with Crippen LogP contribution in [0.2, 0.25) is 0 Å². The highest BCUT2D eigenvalue weighted by Gasteiger charge is 2.33. The van der Waals surface area contributed by atoms with Gasteiger partial charge in [-0.2, -0.15) is 0 Å². The minimum Gasteiger partial charge on any atom is -0.367 e. The molecule has 4 heteroatoms. The summed E-state index contributed by atoms with van der Waals surface area (Å²) in [6, 6.07) is 0. The van der Waals surface area contributed by atoms with E-state index in [-0.39, 0.29) is 5.60 Å². The summed E-state index contributed by atoms with van der Waals surface area (Å²) in [5, 5.41) is 3.12. The molecule has 0 spiro atoms. The summed E-state index contributed by atoms with van der Waals surface area (Å²) in [5.74, 6) is 0.828. The molecule has 0 radical (unpaired) electrons. The average molecular weight is 235 g/mol. The maximum atomic E-state index is 5.87. The smallest absolute Gasteiger partial charge is 0.160 e. The van der Waals surface area contributed by atoms with Crippen molar-refractivity contribution >= 4 is 0 Å². The van der Waals surface area contributed by atoms with E-state index in [9.17, 15) is 0 Å². The zero-order valence-corrected chi connectivity index (χ0v) is 10.9. The van der Waals surface area contributed by atoms with Crippen LogP contribution in [0.1, 0.15) is 43.3 Å². The minimum absolute atomic E-state index is 0.290. The molecule has 1 aromatic rings. The molecule has 2 rings (SSSR count). The van der Waals surface area contributed by atoms with Crippen LogP contribution < -0.4 is 5.32 Å². The van der Waals surface area contributed by atoms with Gasteiger partial charge in [-0.25, -0.2) is 9.97 Å². The predicted molar refractivity (Wildman–Crippen MR) is 66.7 cm³/mol. The predicted octanol–water partition coefficient (Wildman–Crippen LogP) is 1.92. The lowest BCUT2D eigenvalue weighted by molar-refractivity contribution is -0.0761. The number of rotatable bonds is 3. The number of aromatic nitrogens is 2. The SMILES string of the molecule is CNCc1cnc(C2(C)CCCCO2)nc1C. The Labute approximate surface area is 103 Å². The van der Waals surface area contributed by atoms with Crippen molar-refractivity contribution in [1.29, 1.82) is 0 Å². The number of aryl methyl sites for hydroxylation is 1. The van der Waals surface area contributed by atoms with Gasteiger partial charge in [0, 0.05) is 30.6 Å². The van der Waals surface area contributed by atoms with Crippen molar-refractivity contribution in [2.45, 2.75) is 45.3 Å². The van der Waals surface area contributed by atoms with Crippen molar-refractivity contribution in [1.82, 2.24) is 15.3 Å². The van der Waals surface area contributed by atoms with Gasteiger partial charge in [-0.1, -0.05) is 0 Å². The quantitative estimate of drug-likeness (QED) is 0.869. The molecule has 0 saturated carbocycles. The molecule has 1 aliphatic heterocycles. The highest BCUT2D eigenvalue weighted by molar-refractivity contribution is 5.18. The molecule has 0 amide bonds. The van der Waals surface area contributed by atoms with Crippen molar-refractivity contribution in [3.8, 4) is 0 Å². The third-order valence-corrected chi connectivity index (χ3v) is 3.39. The highest BCUT2D eigenvalue weighted by atomic mass is 16.5. The van der Waals surface area contributed by atoms with E-state index in [0.29, 0.717) is 0 Å². The van der Waals surface area contributed by atoms with Crippen molar-refractivity contribution < 1.29 is 4.74 Å². The normalized spacial score (nSPS) is 24.9. The van der Waals surface area contributed by atoms with Crippen LogP contribution >= 0.6 is 0 Å². The summed E-state index contributed by atoms with van der Waals surface area (Å²) in [4.78, 5) is 9.09. The van der Waals surface area contributed by atoms with Gasteiger partial charge in [0.05, 0.1) is 0 Å². The molecule has 1 aromatic heterocycles. The first kappa shape index (κ1) is 12.5. The molecule has 0 aliphatic carbocycles. The van der Waals surface area contributed by atoms with E-state index in [4.69, 9.17) is 4.74 Å². The molecule has 1 aliphatic rings. The van der Waals surface area contributed by atoms with Crippen molar-refractivity contribution in [2.24, 2.45) is 0 Å². The topological polar surface area (TPSA) is 47.0 Å². The van der Waals surface area contributed by atoms with E-state index in [1.807, 2.05) is 20.2 Å². The van der Waals surface area contributed by atoms with Crippen LogP contribution in [0.4, 0.5) is 0 Å². The Kier molecular flexibility index (Phi) is 3.74. The number of hydrogen-bond acceptors (Lipinski definition) is 4. The van der Waals surface area contributed by atoms with Crippen LogP contribution in [0.3, 0.4) is 0 Å². The molecule has 0 bridgehead atoms. The van der Waals surface area contributed by atoms with Crippen molar-refractivity contribution in [3.05, 3.63) is 23.3 Å². The van der Waals surface area contributed by atoms with Gasteiger partial charge in [0.15, 0.2) is 5.82 Å². The standard InChI is InChI=1S/C13H21N3O/c1-10-11(8-14-3)9-15-12(16-10)13(2)6-4-5-7-17-13/h9,14H,4-8H2,1-3H3. The largest absolute Gasteiger partial charge is 0.367 e. The lowest BCUT2D eigenvalue weighted by Crippen LogP contribution is -2.32. The zero-order valence-electron chi connectivity index (χ0n) is 10.9. The van der Waals surface area contributed by atoms with Gasteiger partial charge in [-0.3, -0.25) is 0 Å². The number of ether oxygens (including phenoxy) is 1. The van der Waals surface area contributed by atoms with E-state index in [0.717, 1.165) is 43.1 Å². The molecule has 94 valence electrons. The molecule has 2 heterocycles. The summed E-state index contributed by atoms with van der Waals surface area (Å²) in [6.07, 6.45) is 5.26. The molecular formula is C13H21N3O. The molecule has 17 heavy (non-hydrogen) atoms. The summed E-state index contributed by atoms with van der Waals surface area (Å²) >= 11 is 0. The summed E-state index contributed by atoms with van der Waals surface area (Å²) in [6.45, 7) is 5.75. The second-order valence-electron chi connectivity index (χ2n) is 4.87. The van der Waals surface area contributed by atoms with Crippen LogP contribution in [0.25, 0.3) is 0 Å².